The van der Waals surface area contributed by atoms with E-state index in [1.807, 2.05) is 41.9 Å². The van der Waals surface area contributed by atoms with Gasteiger partial charge in [0.2, 0.25) is 0 Å². The monoisotopic (exact) mass is 282 g/mol. The Hall–Kier alpha value is -2.26. The van der Waals surface area contributed by atoms with E-state index in [2.05, 4.69) is 4.98 Å². The summed E-state index contributed by atoms with van der Waals surface area (Å²) in [6, 6.07) is 13.2. The van der Waals surface area contributed by atoms with Crippen LogP contribution in [0.5, 0.6) is 0 Å². The molecule has 1 N–H and O–H groups in total. The fourth-order valence-corrected chi connectivity index (χ4v) is 3.00. The van der Waals surface area contributed by atoms with Crippen molar-refractivity contribution in [3.05, 3.63) is 57.7 Å². The van der Waals surface area contributed by atoms with Gasteiger partial charge in [0.25, 0.3) is 0 Å². The first kappa shape index (κ1) is 11.6. The smallest absolute Gasteiger partial charge is 0.199 e. The number of hydrogen-bond acceptors (Lipinski definition) is 1. The van der Waals surface area contributed by atoms with Gasteiger partial charge in [-0.2, -0.15) is 0 Å². The number of nitrogens with zero attached hydrogens (tertiary/aromatic N) is 1. The average Bonchev–Trinajstić information content (AvgIpc) is 2.84. The lowest BCUT2D eigenvalue weighted by molar-refractivity contribution is 0.985. The molecule has 4 heteroatoms. The Morgan fingerprint density at radius 3 is 2.75 bits per heavy atom. The minimum Gasteiger partial charge on any atom is -0.340 e. The van der Waals surface area contributed by atoms with Gasteiger partial charge in [0, 0.05) is 28.4 Å². The van der Waals surface area contributed by atoms with Crippen molar-refractivity contribution in [2.75, 3.05) is 0 Å². The number of halogens is 1. The molecule has 2 aromatic carbocycles. The van der Waals surface area contributed by atoms with E-state index < -0.39 is 0 Å². The highest BCUT2D eigenvalue weighted by molar-refractivity contribution is 6.31. The summed E-state index contributed by atoms with van der Waals surface area (Å²) >= 11 is 6.05. The average molecular weight is 283 g/mol. The highest BCUT2D eigenvalue weighted by Crippen LogP contribution is 2.26. The number of H-pyrrole nitrogens is 1. The third kappa shape index (κ3) is 1.38. The topological polar surface area (TPSA) is 37.8 Å². The third-order valence-corrected chi connectivity index (χ3v) is 4.05. The van der Waals surface area contributed by atoms with Crippen molar-refractivity contribution in [3.8, 4) is 0 Å². The molecule has 0 spiro atoms. The molecular weight excluding hydrogens is 272 g/mol. The zero-order valence-electron chi connectivity index (χ0n) is 10.8. The maximum atomic E-state index is 12.8. The standard InChI is InChI=1S/C16H11ClN2O/c1-19-13-8-9(17)6-7-11(13)15(20)14-10-4-2-3-5-12(10)18-16(14)19/h2-8,18H,1H3. The van der Waals surface area contributed by atoms with Crippen LogP contribution in [0.2, 0.25) is 5.02 Å². The molecular formula is C16H11ClN2O. The predicted molar refractivity (Wildman–Crippen MR) is 83.6 cm³/mol. The van der Waals surface area contributed by atoms with Crippen LogP contribution in [-0.2, 0) is 7.05 Å². The molecule has 4 rings (SSSR count). The SMILES string of the molecule is Cn1c2cc(Cl)ccc2c(=O)c2c3ccccc3[nH]c21. The van der Waals surface area contributed by atoms with Gasteiger partial charge < -0.3 is 9.55 Å². The summed E-state index contributed by atoms with van der Waals surface area (Å²) in [5.74, 6) is 0. The Bertz CT molecular complexity index is 1040. The van der Waals surface area contributed by atoms with Gasteiger partial charge >= 0.3 is 0 Å². The summed E-state index contributed by atoms with van der Waals surface area (Å²) in [6.07, 6.45) is 0. The van der Waals surface area contributed by atoms with E-state index in [1.165, 1.54) is 0 Å². The number of para-hydroxylation sites is 1. The van der Waals surface area contributed by atoms with E-state index in [9.17, 15) is 4.79 Å². The van der Waals surface area contributed by atoms with Gasteiger partial charge in [-0.15, -0.1) is 0 Å². The number of rotatable bonds is 0. The quantitative estimate of drug-likeness (QED) is 0.523. The second kappa shape index (κ2) is 3.87. The molecule has 0 aliphatic heterocycles. The van der Waals surface area contributed by atoms with Crippen molar-refractivity contribution in [2.45, 2.75) is 0 Å². The fraction of sp³-hybridized carbons (Fsp3) is 0.0625. The Kier molecular flexibility index (Phi) is 2.24. The molecule has 0 saturated carbocycles. The lowest BCUT2D eigenvalue weighted by atomic mass is 10.1. The summed E-state index contributed by atoms with van der Waals surface area (Å²) in [5.41, 5.74) is 2.67. The lowest BCUT2D eigenvalue weighted by Gasteiger charge is -2.07. The van der Waals surface area contributed by atoms with Crippen LogP contribution in [0.1, 0.15) is 0 Å². The predicted octanol–water partition coefficient (Wildman–Crippen LogP) is 3.83. The van der Waals surface area contributed by atoms with E-state index in [0.717, 1.165) is 27.5 Å². The van der Waals surface area contributed by atoms with Crippen LogP contribution in [0.15, 0.2) is 47.3 Å². The molecule has 0 radical (unpaired) electrons. The summed E-state index contributed by atoms with van der Waals surface area (Å²) in [5, 5.41) is 3.01. The molecule has 2 aromatic heterocycles. The minimum atomic E-state index is 0.0437. The van der Waals surface area contributed by atoms with Gasteiger partial charge in [-0.05, 0) is 24.3 Å². The van der Waals surface area contributed by atoms with Crippen LogP contribution >= 0.6 is 11.6 Å². The second-order valence-electron chi connectivity index (χ2n) is 4.94. The molecule has 0 aliphatic carbocycles. The van der Waals surface area contributed by atoms with E-state index in [0.29, 0.717) is 10.4 Å². The normalized spacial score (nSPS) is 11.7. The summed E-state index contributed by atoms with van der Waals surface area (Å²) in [6.45, 7) is 0. The summed E-state index contributed by atoms with van der Waals surface area (Å²) in [4.78, 5) is 16.1. The highest BCUT2D eigenvalue weighted by atomic mass is 35.5. The molecule has 98 valence electrons. The van der Waals surface area contributed by atoms with Gasteiger partial charge in [0.1, 0.15) is 5.65 Å². The molecule has 0 aliphatic rings. The summed E-state index contributed by atoms with van der Waals surface area (Å²) < 4.78 is 1.98. The van der Waals surface area contributed by atoms with E-state index >= 15 is 0 Å². The molecule has 0 amide bonds. The number of fused-ring (bicyclic) bond motifs is 4. The highest BCUT2D eigenvalue weighted by Gasteiger charge is 2.13. The molecule has 0 saturated heterocycles. The van der Waals surface area contributed by atoms with Gasteiger partial charge in [-0.25, -0.2) is 0 Å². The Morgan fingerprint density at radius 2 is 1.90 bits per heavy atom. The number of aromatic amines is 1. The van der Waals surface area contributed by atoms with Gasteiger partial charge in [-0.1, -0.05) is 29.8 Å². The number of aryl methyl sites for hydroxylation is 1. The number of nitrogens with one attached hydrogen (secondary N) is 1. The number of hydrogen-bond donors (Lipinski definition) is 1. The van der Waals surface area contributed by atoms with Crippen molar-refractivity contribution in [2.24, 2.45) is 7.05 Å². The van der Waals surface area contributed by atoms with E-state index in [4.69, 9.17) is 11.6 Å². The molecule has 4 aromatic rings. The van der Waals surface area contributed by atoms with Crippen LogP contribution in [-0.4, -0.2) is 9.55 Å². The first-order valence-electron chi connectivity index (χ1n) is 6.35. The van der Waals surface area contributed by atoms with Crippen molar-refractivity contribution < 1.29 is 0 Å². The molecule has 20 heavy (non-hydrogen) atoms. The molecule has 0 atom stereocenters. The van der Waals surface area contributed by atoms with E-state index in [1.54, 1.807) is 12.1 Å². The maximum absolute atomic E-state index is 12.8. The molecule has 2 heterocycles. The molecule has 0 bridgehead atoms. The van der Waals surface area contributed by atoms with Gasteiger partial charge in [-0.3, -0.25) is 4.79 Å². The molecule has 0 fully saturated rings. The first-order valence-corrected chi connectivity index (χ1v) is 6.73. The van der Waals surface area contributed by atoms with Crippen LogP contribution in [0.3, 0.4) is 0 Å². The Morgan fingerprint density at radius 1 is 1.10 bits per heavy atom. The van der Waals surface area contributed by atoms with Crippen LogP contribution in [0.25, 0.3) is 32.8 Å². The Balaban J connectivity index is 2.39. The van der Waals surface area contributed by atoms with Crippen LogP contribution in [0.4, 0.5) is 0 Å². The zero-order valence-corrected chi connectivity index (χ0v) is 11.5. The molecule has 3 nitrogen and oxygen atoms in total. The van der Waals surface area contributed by atoms with Crippen molar-refractivity contribution in [3.63, 3.8) is 0 Å². The van der Waals surface area contributed by atoms with Crippen LogP contribution in [0, 0.1) is 0 Å². The van der Waals surface area contributed by atoms with Crippen molar-refractivity contribution >= 4 is 44.4 Å². The zero-order chi connectivity index (χ0) is 13.9. The molecule has 0 unspecified atom stereocenters. The summed E-state index contributed by atoms with van der Waals surface area (Å²) in [7, 11) is 1.94. The fourth-order valence-electron chi connectivity index (χ4n) is 2.84. The van der Waals surface area contributed by atoms with Crippen molar-refractivity contribution in [1.29, 1.82) is 0 Å². The number of pyridine rings is 1. The maximum Gasteiger partial charge on any atom is 0.199 e. The van der Waals surface area contributed by atoms with Gasteiger partial charge in [0.15, 0.2) is 5.43 Å². The largest absolute Gasteiger partial charge is 0.340 e. The van der Waals surface area contributed by atoms with Gasteiger partial charge in [0.05, 0.1) is 10.9 Å². The minimum absolute atomic E-state index is 0.0437. The number of aromatic nitrogens is 2. The lowest BCUT2D eigenvalue weighted by Crippen LogP contribution is -2.08. The van der Waals surface area contributed by atoms with Crippen LogP contribution < -0.4 is 5.43 Å². The third-order valence-electron chi connectivity index (χ3n) is 3.81. The van der Waals surface area contributed by atoms with E-state index in [-0.39, 0.29) is 5.43 Å². The first-order chi connectivity index (χ1) is 9.66. The second-order valence-corrected chi connectivity index (χ2v) is 5.38. The Labute approximate surface area is 119 Å². The number of benzene rings is 2. The van der Waals surface area contributed by atoms with Crippen molar-refractivity contribution in [1.82, 2.24) is 9.55 Å².